The van der Waals surface area contributed by atoms with Crippen LogP contribution in [0.4, 0.5) is 0 Å². The number of hydrogen-bond donors (Lipinski definition) is 1. The second-order valence-corrected chi connectivity index (χ2v) is 11.3. The Labute approximate surface area is 227 Å². The minimum Gasteiger partial charge on any atom is -0.502 e. The number of hydrogen-bond acceptors (Lipinski definition) is 7. The predicted molar refractivity (Wildman–Crippen MR) is 141 cm³/mol. The van der Waals surface area contributed by atoms with Crippen LogP contribution < -0.4 is 9.47 Å². The number of Topliss-reactive ketones (excluding diaryl/α,β-unsaturated/α-hetero) is 1. The van der Waals surface area contributed by atoms with Crippen molar-refractivity contribution in [1.29, 1.82) is 0 Å². The lowest BCUT2D eigenvalue weighted by Crippen LogP contribution is -2.43. The zero-order valence-electron chi connectivity index (χ0n) is 22.5. The maximum absolute atomic E-state index is 14.0. The maximum Gasteiger partial charge on any atom is 0.233 e. The number of rotatable bonds is 4. The summed E-state index contributed by atoms with van der Waals surface area (Å²) in [7, 11) is 2.86. The van der Waals surface area contributed by atoms with Crippen molar-refractivity contribution in [3.8, 4) is 17.2 Å². The number of aromatic hydroxyl groups is 1. The summed E-state index contributed by atoms with van der Waals surface area (Å²) in [6, 6.07) is 3.25. The molecule has 0 bridgehead atoms. The van der Waals surface area contributed by atoms with Gasteiger partial charge in [-0.3, -0.25) is 24.1 Å². The molecule has 1 aliphatic heterocycles. The number of amides is 2. The van der Waals surface area contributed by atoms with Crippen LogP contribution in [-0.4, -0.2) is 53.6 Å². The van der Waals surface area contributed by atoms with Gasteiger partial charge in [-0.2, -0.15) is 0 Å². The number of nitrogens with zero attached hydrogens (tertiary/aromatic N) is 1. The number of carbonyl (C=O) groups is 4. The number of fused-ring (bicyclic) bond motifs is 3. The molecule has 1 saturated carbocycles. The monoisotopic (exact) mass is 531 g/mol. The summed E-state index contributed by atoms with van der Waals surface area (Å²) in [6.07, 6.45) is 8.85. The summed E-state index contributed by atoms with van der Waals surface area (Å²) in [5, 5.41) is 10.6. The maximum atomic E-state index is 14.0. The number of phenolic OH excluding ortho intramolecular Hbond substituents is 1. The molecule has 2 amide bonds. The van der Waals surface area contributed by atoms with Crippen molar-refractivity contribution < 1.29 is 33.8 Å². The van der Waals surface area contributed by atoms with Crippen molar-refractivity contribution >= 4 is 23.4 Å². The highest BCUT2D eigenvalue weighted by atomic mass is 16.5. The number of ketones is 2. The molecule has 4 atom stereocenters. The van der Waals surface area contributed by atoms with Crippen molar-refractivity contribution in [2.24, 2.45) is 17.8 Å². The number of imide groups is 1. The molecule has 39 heavy (non-hydrogen) atoms. The third-order valence-corrected chi connectivity index (χ3v) is 9.37. The second-order valence-electron chi connectivity index (χ2n) is 11.3. The molecule has 1 saturated heterocycles. The number of allylic oxidation sites excluding steroid dienone is 6. The molecule has 0 unspecified atom stereocenters. The Bertz CT molecular complexity index is 1370. The molecule has 0 spiro atoms. The van der Waals surface area contributed by atoms with Crippen molar-refractivity contribution in [1.82, 2.24) is 4.90 Å². The first kappa shape index (κ1) is 25.6. The second kappa shape index (κ2) is 9.50. The lowest BCUT2D eigenvalue weighted by molar-refractivity contribution is -0.143. The van der Waals surface area contributed by atoms with Crippen LogP contribution in [0.5, 0.6) is 17.2 Å². The van der Waals surface area contributed by atoms with E-state index in [0.717, 1.165) is 37.7 Å². The molecule has 6 rings (SSSR count). The van der Waals surface area contributed by atoms with Crippen molar-refractivity contribution in [2.75, 3.05) is 14.2 Å². The molecule has 1 aromatic carbocycles. The van der Waals surface area contributed by atoms with Crippen LogP contribution in [0, 0.1) is 17.8 Å². The summed E-state index contributed by atoms with van der Waals surface area (Å²) < 4.78 is 10.8. The lowest BCUT2D eigenvalue weighted by Gasteiger charge is -2.42. The van der Waals surface area contributed by atoms with E-state index in [0.29, 0.717) is 28.7 Å². The molecule has 1 aromatic rings. The fourth-order valence-electron chi connectivity index (χ4n) is 7.54. The Hall–Kier alpha value is -3.68. The zero-order valence-corrected chi connectivity index (χ0v) is 22.5. The van der Waals surface area contributed by atoms with Gasteiger partial charge in [-0.15, -0.1) is 0 Å². The first-order valence-corrected chi connectivity index (χ1v) is 13.8. The average molecular weight is 532 g/mol. The van der Waals surface area contributed by atoms with Gasteiger partial charge in [0.2, 0.25) is 17.6 Å². The highest BCUT2D eigenvalue weighted by Crippen LogP contribution is 2.56. The number of benzene rings is 1. The van der Waals surface area contributed by atoms with Gasteiger partial charge in [-0.25, -0.2) is 0 Å². The summed E-state index contributed by atoms with van der Waals surface area (Å²) in [5.41, 5.74) is 2.66. The molecule has 4 aliphatic carbocycles. The lowest BCUT2D eigenvalue weighted by atomic mass is 9.59. The van der Waals surface area contributed by atoms with Gasteiger partial charge in [0.25, 0.3) is 0 Å². The zero-order chi connectivity index (χ0) is 27.6. The average Bonchev–Trinajstić information content (AvgIpc) is 3.20. The van der Waals surface area contributed by atoms with Crippen LogP contribution >= 0.6 is 0 Å². The Balaban J connectivity index is 1.49. The van der Waals surface area contributed by atoms with E-state index >= 15 is 0 Å². The molecule has 0 radical (unpaired) electrons. The van der Waals surface area contributed by atoms with E-state index in [4.69, 9.17) is 9.47 Å². The largest absolute Gasteiger partial charge is 0.502 e. The first-order valence-electron chi connectivity index (χ1n) is 13.8. The summed E-state index contributed by atoms with van der Waals surface area (Å²) in [6.45, 7) is 1.64. The van der Waals surface area contributed by atoms with E-state index < -0.39 is 17.8 Å². The molecule has 1 N–H and O–H groups in total. The summed E-state index contributed by atoms with van der Waals surface area (Å²) in [4.78, 5) is 56.0. The molecule has 8 nitrogen and oxygen atoms in total. The molecule has 204 valence electrons. The number of methoxy groups -OCH3 is 2. The quantitative estimate of drug-likeness (QED) is 0.353. The van der Waals surface area contributed by atoms with Crippen LogP contribution in [0.15, 0.2) is 46.6 Å². The number of likely N-dealkylation sites (tertiary alicyclic amines) is 1. The van der Waals surface area contributed by atoms with Crippen molar-refractivity contribution in [2.45, 2.75) is 63.8 Å². The third kappa shape index (κ3) is 3.79. The van der Waals surface area contributed by atoms with Gasteiger partial charge >= 0.3 is 0 Å². The number of phenols is 1. The summed E-state index contributed by atoms with van der Waals surface area (Å²) >= 11 is 0. The minimum atomic E-state index is -0.630. The van der Waals surface area contributed by atoms with Gasteiger partial charge in [-0.05, 0) is 62.3 Å². The van der Waals surface area contributed by atoms with E-state index in [1.54, 1.807) is 19.1 Å². The van der Waals surface area contributed by atoms with Gasteiger partial charge in [0.1, 0.15) is 0 Å². The van der Waals surface area contributed by atoms with Gasteiger partial charge in [0.05, 0.1) is 26.1 Å². The Morgan fingerprint density at radius 3 is 2.23 bits per heavy atom. The molecule has 8 heteroatoms. The fraction of sp³-hybridized carbons (Fsp3) is 0.484. The molecule has 0 aromatic heterocycles. The van der Waals surface area contributed by atoms with Crippen LogP contribution in [-0.2, 0) is 19.2 Å². The van der Waals surface area contributed by atoms with E-state index in [2.05, 4.69) is 0 Å². The Kier molecular flexibility index (Phi) is 6.24. The highest BCUT2D eigenvalue weighted by molar-refractivity contribution is 6.23. The van der Waals surface area contributed by atoms with E-state index in [9.17, 15) is 24.3 Å². The van der Waals surface area contributed by atoms with E-state index in [1.165, 1.54) is 25.2 Å². The molecule has 1 heterocycles. The van der Waals surface area contributed by atoms with Crippen molar-refractivity contribution in [3.05, 3.63) is 52.1 Å². The minimum absolute atomic E-state index is 0.0592. The van der Waals surface area contributed by atoms with Crippen LogP contribution in [0.3, 0.4) is 0 Å². The molecule has 5 aliphatic rings. The van der Waals surface area contributed by atoms with E-state index in [1.807, 2.05) is 6.08 Å². The highest BCUT2D eigenvalue weighted by Gasteiger charge is 2.57. The fourth-order valence-corrected chi connectivity index (χ4v) is 7.54. The van der Waals surface area contributed by atoms with E-state index in [-0.39, 0.29) is 59.0 Å². The molecular formula is C31H33NO7. The van der Waals surface area contributed by atoms with Crippen LogP contribution in [0.2, 0.25) is 0 Å². The number of ether oxygens (including phenoxy) is 2. The molecule has 2 fully saturated rings. The topological polar surface area (TPSA) is 110 Å². The van der Waals surface area contributed by atoms with Gasteiger partial charge in [-0.1, -0.05) is 30.9 Å². The first-order chi connectivity index (χ1) is 18.8. The Morgan fingerprint density at radius 2 is 1.59 bits per heavy atom. The number of carbonyl (C=O) groups excluding carboxylic acids is 4. The van der Waals surface area contributed by atoms with Gasteiger partial charge in [0.15, 0.2) is 23.1 Å². The summed E-state index contributed by atoms with van der Waals surface area (Å²) in [5.74, 6) is -2.51. The van der Waals surface area contributed by atoms with Gasteiger partial charge in [0, 0.05) is 28.7 Å². The normalized spacial score (nSPS) is 29.1. The molecular weight excluding hydrogens is 498 g/mol. The SMILES string of the molecule is COc1cc([C@H]2C3=CC[C@@H]4C(=O)N(C5CCCCC5)C(=O)[C@@H]4[C@@H]3CC3=C2C(=O)C(C)=CC3=O)cc(OC)c1O. The Morgan fingerprint density at radius 1 is 0.923 bits per heavy atom. The van der Waals surface area contributed by atoms with Gasteiger partial charge < -0.3 is 14.6 Å². The predicted octanol–water partition coefficient (Wildman–Crippen LogP) is 4.17. The smallest absolute Gasteiger partial charge is 0.233 e. The standard InChI is InChI=1S/C31H33NO7/c1-15-11-22(33)21-14-20-18(9-10-19-26(20)31(37)32(30(19)36)17-7-5-4-6-8-17)25(27(21)28(15)34)16-12-23(38-2)29(35)24(13-16)39-3/h9,11-13,17,19-20,25-26,35H,4-8,10,14H2,1-3H3/t19-,20+,25-,26-/m0/s1. The van der Waals surface area contributed by atoms with Crippen LogP contribution in [0.1, 0.15) is 63.4 Å². The van der Waals surface area contributed by atoms with Crippen molar-refractivity contribution in [3.63, 3.8) is 0 Å². The third-order valence-electron chi connectivity index (χ3n) is 9.37. The van der Waals surface area contributed by atoms with Crippen LogP contribution in [0.25, 0.3) is 0 Å².